The molecule has 0 aliphatic rings. The Morgan fingerprint density at radius 3 is 2.60 bits per heavy atom. The number of methoxy groups -OCH3 is 1. The van der Waals surface area contributed by atoms with E-state index in [0.29, 0.717) is 28.2 Å². The van der Waals surface area contributed by atoms with Crippen LogP contribution in [0.1, 0.15) is 0 Å². The standard InChI is InChI=1S/C21H24BrCl2N6O4P/c1-33-19-11-17-16(21(27-13-26-17)28-15-4-2-3-14(22)9-15)10-18(19)29-20(31)12-34-35(25,32)30(7-5-23)8-6-24/h2-4,9-11,13H,5-8,12H2,1H3,(H2,25,32)(H,29,31)(H,26,27,28). The number of nitrogens with zero attached hydrogens (tertiary/aromatic N) is 3. The van der Waals surface area contributed by atoms with Gasteiger partial charge in [0.05, 0.1) is 18.3 Å². The molecule has 0 bridgehead atoms. The van der Waals surface area contributed by atoms with Crippen LogP contribution < -0.4 is 20.9 Å². The predicted molar refractivity (Wildman–Crippen MR) is 143 cm³/mol. The fraction of sp³-hybridized carbons (Fsp3) is 0.286. The predicted octanol–water partition coefficient (Wildman–Crippen LogP) is 4.95. The minimum Gasteiger partial charge on any atom is -0.494 e. The zero-order valence-corrected chi connectivity index (χ0v) is 22.7. The maximum Gasteiger partial charge on any atom is 0.341 e. The quantitative estimate of drug-likeness (QED) is 0.194. The average Bonchev–Trinajstić information content (AvgIpc) is 2.83. The number of rotatable bonds is 12. The van der Waals surface area contributed by atoms with Crippen LogP contribution in [0.3, 0.4) is 0 Å². The van der Waals surface area contributed by atoms with E-state index in [2.05, 4.69) is 36.5 Å². The summed E-state index contributed by atoms with van der Waals surface area (Å²) in [7, 11) is -2.29. The van der Waals surface area contributed by atoms with E-state index >= 15 is 0 Å². The number of halogens is 3. The number of benzene rings is 2. The molecule has 1 amide bonds. The van der Waals surface area contributed by atoms with Crippen molar-refractivity contribution in [3.05, 3.63) is 47.2 Å². The number of nitrogens with one attached hydrogen (secondary N) is 2. The molecule has 0 radical (unpaired) electrons. The van der Waals surface area contributed by atoms with Gasteiger partial charge >= 0.3 is 7.67 Å². The van der Waals surface area contributed by atoms with Crippen molar-refractivity contribution < 1.29 is 18.6 Å². The third kappa shape index (κ3) is 7.50. The lowest BCUT2D eigenvalue weighted by molar-refractivity contribution is -0.118. The van der Waals surface area contributed by atoms with E-state index in [4.69, 9.17) is 38.0 Å². The Hall–Kier alpha value is -1.98. The normalized spacial score (nSPS) is 13.0. The van der Waals surface area contributed by atoms with Crippen molar-refractivity contribution in [3.8, 4) is 5.75 Å². The number of aromatic nitrogens is 2. The summed E-state index contributed by atoms with van der Waals surface area (Å²) in [5, 5.41) is 6.59. The highest BCUT2D eigenvalue weighted by Gasteiger charge is 2.27. The lowest BCUT2D eigenvalue weighted by atomic mass is 10.2. The molecule has 1 heterocycles. The Morgan fingerprint density at radius 2 is 1.94 bits per heavy atom. The molecule has 1 aromatic heterocycles. The Labute approximate surface area is 221 Å². The monoisotopic (exact) mass is 604 g/mol. The summed E-state index contributed by atoms with van der Waals surface area (Å²) in [6.07, 6.45) is 1.43. The van der Waals surface area contributed by atoms with E-state index in [9.17, 15) is 9.36 Å². The maximum absolute atomic E-state index is 12.7. The number of alkyl halides is 2. The molecular formula is C21H24BrCl2N6O4P. The molecule has 0 aliphatic carbocycles. The van der Waals surface area contributed by atoms with Crippen LogP contribution in [0.15, 0.2) is 47.2 Å². The molecule has 0 saturated carbocycles. The van der Waals surface area contributed by atoms with E-state index in [1.165, 1.54) is 18.1 Å². The summed E-state index contributed by atoms with van der Waals surface area (Å²) >= 11 is 14.9. The molecule has 0 spiro atoms. The van der Waals surface area contributed by atoms with Crippen LogP contribution in [0.25, 0.3) is 10.9 Å². The lowest BCUT2D eigenvalue weighted by Gasteiger charge is -2.26. The zero-order valence-electron chi connectivity index (χ0n) is 18.7. The number of anilines is 3. The molecule has 10 nitrogen and oxygen atoms in total. The summed E-state index contributed by atoms with van der Waals surface area (Å²) in [6.45, 7) is -0.143. The topological polar surface area (TPSA) is 132 Å². The van der Waals surface area contributed by atoms with Gasteiger partial charge in [0.1, 0.15) is 24.5 Å². The van der Waals surface area contributed by atoms with Crippen molar-refractivity contribution in [1.82, 2.24) is 14.6 Å². The van der Waals surface area contributed by atoms with Crippen LogP contribution in [0.4, 0.5) is 17.2 Å². The molecule has 2 aromatic carbocycles. The highest BCUT2D eigenvalue weighted by Crippen LogP contribution is 2.42. The first-order chi connectivity index (χ1) is 16.8. The van der Waals surface area contributed by atoms with Gasteiger partial charge in [-0.25, -0.2) is 20.1 Å². The van der Waals surface area contributed by atoms with E-state index in [1.54, 1.807) is 12.1 Å². The SMILES string of the molecule is COc1cc2ncnc(Nc3cccc(Br)c3)c2cc1NC(=O)COP(N)(=O)N(CCCl)CCCl. The Morgan fingerprint density at radius 1 is 1.20 bits per heavy atom. The minimum atomic E-state index is -3.76. The van der Waals surface area contributed by atoms with Crippen molar-refractivity contribution in [3.63, 3.8) is 0 Å². The van der Waals surface area contributed by atoms with Gasteiger partial charge in [0, 0.05) is 46.5 Å². The number of amides is 1. The molecule has 4 N–H and O–H groups in total. The molecule has 0 aliphatic heterocycles. The summed E-state index contributed by atoms with van der Waals surface area (Å²) in [5.41, 5.74) is 7.59. The Balaban J connectivity index is 1.81. The number of ether oxygens (including phenoxy) is 1. The summed E-state index contributed by atoms with van der Waals surface area (Å²) < 4.78 is 25.6. The van der Waals surface area contributed by atoms with Gasteiger partial charge in [-0.3, -0.25) is 13.9 Å². The first kappa shape index (κ1) is 27.6. The van der Waals surface area contributed by atoms with Gasteiger partial charge in [-0.05, 0) is 24.3 Å². The van der Waals surface area contributed by atoms with Crippen LogP contribution in [0.2, 0.25) is 0 Å². The molecule has 1 atom stereocenters. The van der Waals surface area contributed by atoms with Gasteiger partial charge in [0.25, 0.3) is 5.91 Å². The highest BCUT2D eigenvalue weighted by molar-refractivity contribution is 9.10. The van der Waals surface area contributed by atoms with Gasteiger partial charge in [-0.15, -0.1) is 23.2 Å². The second kappa shape index (κ2) is 12.8. The van der Waals surface area contributed by atoms with Crippen molar-refractivity contribution in [2.45, 2.75) is 0 Å². The first-order valence-corrected chi connectivity index (χ1v) is 13.8. The summed E-state index contributed by atoms with van der Waals surface area (Å²) in [4.78, 5) is 21.3. The van der Waals surface area contributed by atoms with Crippen LogP contribution in [-0.4, -0.2) is 59.1 Å². The van der Waals surface area contributed by atoms with Crippen molar-refractivity contribution >= 4 is 80.8 Å². The Bertz CT molecular complexity index is 1230. The number of hydrogen-bond donors (Lipinski definition) is 3. The molecule has 0 saturated heterocycles. The Kier molecular flexibility index (Phi) is 10.1. The molecule has 3 rings (SSSR count). The number of nitrogens with two attached hydrogens (primary N) is 1. The fourth-order valence-electron chi connectivity index (χ4n) is 3.16. The second-order valence-corrected chi connectivity index (χ2v) is 10.8. The van der Waals surface area contributed by atoms with Crippen LogP contribution in [-0.2, 0) is 13.9 Å². The number of carbonyl (C=O) groups excluding carboxylic acids is 1. The van der Waals surface area contributed by atoms with Gasteiger partial charge < -0.3 is 15.4 Å². The number of hydrogen-bond acceptors (Lipinski definition) is 7. The average molecular weight is 606 g/mol. The first-order valence-electron chi connectivity index (χ1n) is 10.3. The minimum absolute atomic E-state index is 0.181. The third-order valence-electron chi connectivity index (χ3n) is 4.78. The molecule has 3 aromatic rings. The van der Waals surface area contributed by atoms with E-state index in [1.807, 2.05) is 24.3 Å². The van der Waals surface area contributed by atoms with Crippen molar-refractivity contribution in [1.29, 1.82) is 0 Å². The second-order valence-electron chi connectivity index (χ2n) is 7.14. The van der Waals surface area contributed by atoms with Crippen LogP contribution >= 0.6 is 46.8 Å². The number of fused-ring (bicyclic) bond motifs is 1. The number of carbonyl (C=O) groups is 1. The smallest absolute Gasteiger partial charge is 0.341 e. The van der Waals surface area contributed by atoms with Crippen molar-refractivity contribution in [2.75, 3.05) is 49.2 Å². The zero-order chi connectivity index (χ0) is 25.4. The van der Waals surface area contributed by atoms with Gasteiger partial charge in [0.2, 0.25) is 0 Å². The highest BCUT2D eigenvalue weighted by atomic mass is 79.9. The fourth-order valence-corrected chi connectivity index (χ4v) is 5.42. The molecular weight excluding hydrogens is 582 g/mol. The molecule has 35 heavy (non-hydrogen) atoms. The third-order valence-corrected chi connectivity index (χ3v) is 7.30. The summed E-state index contributed by atoms with van der Waals surface area (Å²) in [6, 6.07) is 11.0. The molecule has 1 unspecified atom stereocenters. The largest absolute Gasteiger partial charge is 0.494 e. The lowest BCUT2D eigenvalue weighted by Crippen LogP contribution is -2.31. The van der Waals surface area contributed by atoms with Gasteiger partial charge in [0.15, 0.2) is 0 Å². The maximum atomic E-state index is 12.7. The van der Waals surface area contributed by atoms with Gasteiger partial charge in [-0.1, -0.05) is 22.0 Å². The van der Waals surface area contributed by atoms with E-state index in [0.717, 1.165) is 10.2 Å². The van der Waals surface area contributed by atoms with Crippen molar-refractivity contribution in [2.24, 2.45) is 5.50 Å². The van der Waals surface area contributed by atoms with E-state index < -0.39 is 20.2 Å². The van der Waals surface area contributed by atoms with Gasteiger partial charge in [-0.2, -0.15) is 0 Å². The molecule has 188 valence electrons. The van der Waals surface area contributed by atoms with E-state index in [-0.39, 0.29) is 24.8 Å². The summed E-state index contributed by atoms with van der Waals surface area (Å²) in [5.74, 6) is 0.690. The van der Waals surface area contributed by atoms with Crippen LogP contribution in [0, 0.1) is 0 Å². The molecule has 0 fully saturated rings. The van der Waals surface area contributed by atoms with Crippen LogP contribution in [0.5, 0.6) is 5.75 Å². The molecule has 14 heteroatoms.